The molecule has 0 amide bonds. The minimum atomic E-state index is 0.651. The first kappa shape index (κ1) is 14.4. The predicted molar refractivity (Wildman–Crippen MR) is 86.3 cm³/mol. The van der Waals surface area contributed by atoms with Gasteiger partial charge in [0.15, 0.2) is 0 Å². The van der Waals surface area contributed by atoms with Crippen molar-refractivity contribution in [3.63, 3.8) is 0 Å². The number of benzene rings is 1. The Balaban J connectivity index is 1.80. The Hall–Kier alpha value is -0.530. The van der Waals surface area contributed by atoms with Gasteiger partial charge < -0.3 is 5.32 Å². The topological polar surface area (TPSA) is 12.0 Å². The lowest BCUT2D eigenvalue weighted by Gasteiger charge is -2.41. The number of hydrogen-bond donors (Lipinski definition) is 1. The zero-order valence-corrected chi connectivity index (χ0v) is 13.2. The lowest BCUT2D eigenvalue weighted by molar-refractivity contribution is 0.152. The molecule has 0 radical (unpaired) electrons. The van der Waals surface area contributed by atoms with Crippen LogP contribution >= 0.6 is 11.6 Å². The third-order valence-electron chi connectivity index (χ3n) is 5.39. The van der Waals surface area contributed by atoms with E-state index in [1.54, 1.807) is 0 Å². The van der Waals surface area contributed by atoms with Gasteiger partial charge in [-0.05, 0) is 60.8 Å². The van der Waals surface area contributed by atoms with Crippen molar-refractivity contribution in [3.8, 4) is 0 Å². The second-order valence-corrected chi connectivity index (χ2v) is 7.29. The maximum Gasteiger partial charge on any atom is 0.0408 e. The summed E-state index contributed by atoms with van der Waals surface area (Å²) in [5, 5.41) is 4.47. The van der Waals surface area contributed by atoms with Crippen molar-refractivity contribution < 1.29 is 0 Å². The fourth-order valence-electron chi connectivity index (χ4n) is 4.42. The fourth-order valence-corrected chi connectivity index (χ4v) is 4.61. The monoisotopic (exact) mass is 291 g/mol. The molecule has 1 heterocycles. The second kappa shape index (κ2) is 6.49. The zero-order valence-electron chi connectivity index (χ0n) is 12.4. The van der Waals surface area contributed by atoms with E-state index >= 15 is 0 Å². The Kier molecular flexibility index (Phi) is 4.68. The summed E-state index contributed by atoms with van der Waals surface area (Å²) >= 11 is 6.20. The molecular weight excluding hydrogens is 266 g/mol. The molecule has 1 aromatic rings. The molecule has 2 heteroatoms. The van der Waals surface area contributed by atoms with Gasteiger partial charge in [-0.3, -0.25) is 0 Å². The van der Waals surface area contributed by atoms with Crippen LogP contribution < -0.4 is 5.32 Å². The predicted octanol–water partition coefficient (Wildman–Crippen LogP) is 4.86. The van der Waals surface area contributed by atoms with E-state index in [-0.39, 0.29) is 0 Å². The molecule has 1 saturated carbocycles. The molecule has 0 spiro atoms. The Labute approximate surface area is 128 Å². The molecule has 1 aliphatic heterocycles. The lowest BCUT2D eigenvalue weighted by Crippen LogP contribution is -2.39. The smallest absolute Gasteiger partial charge is 0.0408 e. The van der Waals surface area contributed by atoms with Crippen LogP contribution in [0.3, 0.4) is 0 Å². The molecule has 4 atom stereocenters. The average Bonchev–Trinajstić information content (AvgIpc) is 2.47. The first-order chi connectivity index (χ1) is 9.74. The molecular formula is C18H26ClN. The number of halogens is 1. The highest BCUT2D eigenvalue weighted by Gasteiger charge is 2.34. The highest BCUT2D eigenvalue weighted by Crippen LogP contribution is 2.43. The molecule has 1 saturated heterocycles. The van der Waals surface area contributed by atoms with E-state index in [0.29, 0.717) is 5.92 Å². The standard InChI is InChI=1S/C18H26ClN/c1-13-4-2-5-14(10-13)17-8-9-20-12-18(17)15-6-3-7-16(19)11-15/h3,6-7,11,13-14,17-18,20H,2,4-5,8-10,12H2,1H3. The maximum absolute atomic E-state index is 6.20. The molecule has 3 rings (SSSR count). The minimum Gasteiger partial charge on any atom is -0.316 e. The van der Waals surface area contributed by atoms with Crippen molar-refractivity contribution in [2.24, 2.45) is 17.8 Å². The summed E-state index contributed by atoms with van der Waals surface area (Å²) in [5.41, 5.74) is 1.44. The molecule has 2 fully saturated rings. The number of hydrogen-bond acceptors (Lipinski definition) is 1. The van der Waals surface area contributed by atoms with Gasteiger partial charge in [-0.15, -0.1) is 0 Å². The Morgan fingerprint density at radius 1 is 1.20 bits per heavy atom. The van der Waals surface area contributed by atoms with Gasteiger partial charge in [-0.2, -0.15) is 0 Å². The zero-order chi connectivity index (χ0) is 13.9. The first-order valence-electron chi connectivity index (χ1n) is 8.20. The summed E-state index contributed by atoms with van der Waals surface area (Å²) in [4.78, 5) is 0. The van der Waals surface area contributed by atoms with Crippen LogP contribution in [0, 0.1) is 17.8 Å². The fraction of sp³-hybridized carbons (Fsp3) is 0.667. The van der Waals surface area contributed by atoms with Crippen LogP contribution in [0.1, 0.15) is 50.5 Å². The molecule has 0 bridgehead atoms. The van der Waals surface area contributed by atoms with Gasteiger partial charge in [-0.25, -0.2) is 0 Å². The van der Waals surface area contributed by atoms with E-state index in [1.165, 1.54) is 44.2 Å². The van der Waals surface area contributed by atoms with Crippen molar-refractivity contribution in [1.82, 2.24) is 5.32 Å². The molecule has 1 aliphatic carbocycles. The quantitative estimate of drug-likeness (QED) is 0.820. The van der Waals surface area contributed by atoms with Crippen LogP contribution in [0.25, 0.3) is 0 Å². The second-order valence-electron chi connectivity index (χ2n) is 6.85. The van der Waals surface area contributed by atoms with E-state index in [2.05, 4.69) is 30.4 Å². The third-order valence-corrected chi connectivity index (χ3v) is 5.63. The van der Waals surface area contributed by atoms with Crippen molar-refractivity contribution in [1.29, 1.82) is 0 Å². The molecule has 4 unspecified atom stereocenters. The van der Waals surface area contributed by atoms with Crippen LogP contribution in [0.15, 0.2) is 24.3 Å². The molecule has 0 aromatic heterocycles. The summed E-state index contributed by atoms with van der Waals surface area (Å²) in [5.74, 6) is 3.34. The van der Waals surface area contributed by atoms with Crippen molar-refractivity contribution in [3.05, 3.63) is 34.9 Å². The highest BCUT2D eigenvalue weighted by molar-refractivity contribution is 6.30. The summed E-state index contributed by atoms with van der Waals surface area (Å²) in [6.45, 7) is 4.74. The Bertz CT molecular complexity index is 445. The third kappa shape index (κ3) is 3.20. The first-order valence-corrected chi connectivity index (χ1v) is 8.58. The van der Waals surface area contributed by atoms with Gasteiger partial charge in [0.05, 0.1) is 0 Å². The van der Waals surface area contributed by atoms with Gasteiger partial charge in [0, 0.05) is 11.6 Å². The number of rotatable bonds is 2. The Morgan fingerprint density at radius 2 is 2.10 bits per heavy atom. The molecule has 1 N–H and O–H groups in total. The largest absolute Gasteiger partial charge is 0.316 e. The molecule has 110 valence electrons. The van der Waals surface area contributed by atoms with Crippen molar-refractivity contribution >= 4 is 11.6 Å². The SMILES string of the molecule is CC1CCCC(C2CCNCC2c2cccc(Cl)c2)C1. The summed E-state index contributed by atoms with van der Waals surface area (Å²) in [6, 6.07) is 8.53. The average molecular weight is 292 g/mol. The molecule has 1 aromatic carbocycles. The maximum atomic E-state index is 6.20. The normalized spacial score (nSPS) is 34.9. The van der Waals surface area contributed by atoms with E-state index < -0.39 is 0 Å². The van der Waals surface area contributed by atoms with Gasteiger partial charge >= 0.3 is 0 Å². The van der Waals surface area contributed by atoms with Gasteiger partial charge in [0.25, 0.3) is 0 Å². The van der Waals surface area contributed by atoms with Crippen LogP contribution in [0.2, 0.25) is 5.02 Å². The molecule has 2 aliphatic rings. The van der Waals surface area contributed by atoms with E-state index in [9.17, 15) is 0 Å². The van der Waals surface area contributed by atoms with Crippen LogP contribution in [0.5, 0.6) is 0 Å². The van der Waals surface area contributed by atoms with Crippen molar-refractivity contribution in [2.45, 2.75) is 44.9 Å². The van der Waals surface area contributed by atoms with E-state index in [0.717, 1.165) is 29.3 Å². The van der Waals surface area contributed by atoms with Gasteiger partial charge in [0.2, 0.25) is 0 Å². The summed E-state index contributed by atoms with van der Waals surface area (Å²) in [7, 11) is 0. The minimum absolute atomic E-state index is 0.651. The van der Waals surface area contributed by atoms with Crippen LogP contribution in [-0.2, 0) is 0 Å². The summed E-state index contributed by atoms with van der Waals surface area (Å²) < 4.78 is 0. The lowest BCUT2D eigenvalue weighted by atomic mass is 9.67. The van der Waals surface area contributed by atoms with Crippen LogP contribution in [0.4, 0.5) is 0 Å². The summed E-state index contributed by atoms with van der Waals surface area (Å²) in [6.07, 6.45) is 7.06. The Morgan fingerprint density at radius 3 is 2.90 bits per heavy atom. The molecule has 1 nitrogen and oxygen atoms in total. The number of piperidine rings is 1. The molecule has 20 heavy (non-hydrogen) atoms. The van der Waals surface area contributed by atoms with Crippen LogP contribution in [-0.4, -0.2) is 13.1 Å². The van der Waals surface area contributed by atoms with E-state index in [1.807, 2.05) is 6.07 Å². The van der Waals surface area contributed by atoms with Crippen molar-refractivity contribution in [2.75, 3.05) is 13.1 Å². The van der Waals surface area contributed by atoms with E-state index in [4.69, 9.17) is 11.6 Å². The highest BCUT2D eigenvalue weighted by atomic mass is 35.5. The van der Waals surface area contributed by atoms with Gasteiger partial charge in [-0.1, -0.05) is 49.9 Å². The van der Waals surface area contributed by atoms with Gasteiger partial charge in [0.1, 0.15) is 0 Å². The number of nitrogens with one attached hydrogen (secondary N) is 1.